The summed E-state index contributed by atoms with van der Waals surface area (Å²) in [6.07, 6.45) is 0. The quantitative estimate of drug-likeness (QED) is 0.120. The monoisotopic (exact) mass is 689 g/mol. The third-order valence-corrected chi connectivity index (χ3v) is 11.0. The van der Waals surface area contributed by atoms with Crippen molar-refractivity contribution in [3.63, 3.8) is 0 Å². The number of carbonyl (C=O) groups is 4. The van der Waals surface area contributed by atoms with Gasteiger partial charge in [-0.2, -0.15) is 0 Å². The molecule has 0 N–H and O–H groups in total. The third-order valence-electron chi connectivity index (χ3n) is 11.0. The van der Waals surface area contributed by atoms with Gasteiger partial charge in [0.25, 0.3) is 0 Å². The van der Waals surface area contributed by atoms with Crippen molar-refractivity contribution in [2.75, 3.05) is 26.2 Å². The molecule has 8 nitrogen and oxygen atoms in total. The summed E-state index contributed by atoms with van der Waals surface area (Å²) < 4.78 is 16.7. The number of anilines is 1. The predicted molar refractivity (Wildman–Crippen MR) is 197 cm³/mol. The van der Waals surface area contributed by atoms with Gasteiger partial charge in [-0.1, -0.05) is 84.9 Å². The van der Waals surface area contributed by atoms with Gasteiger partial charge in [-0.3, -0.25) is 19.2 Å². The number of fused-ring (bicyclic) bond motifs is 5. The Bertz CT molecular complexity index is 2170. The van der Waals surface area contributed by atoms with Gasteiger partial charge >= 0.3 is 0 Å². The molecule has 8 rings (SSSR count). The zero-order valence-corrected chi connectivity index (χ0v) is 29.1. The number of methoxy groups -OCH3 is 3. The molecule has 5 aromatic carbocycles. The molecule has 1 aliphatic heterocycles. The van der Waals surface area contributed by atoms with E-state index in [1.165, 1.54) is 20.1 Å². The molecule has 1 heterocycles. The van der Waals surface area contributed by atoms with Crippen LogP contribution in [-0.4, -0.2) is 44.7 Å². The molecular weight excluding hydrogens is 654 g/mol. The number of ether oxygens (including phenoxy) is 3. The first-order valence-corrected chi connectivity index (χ1v) is 17.0. The molecule has 8 heteroatoms. The lowest BCUT2D eigenvalue weighted by Crippen LogP contribution is -2.45. The number of nitrogens with zero attached hydrogens (tertiary/aromatic N) is 1. The smallest absolute Gasteiger partial charge is 0.239 e. The molecule has 5 aromatic rings. The van der Waals surface area contributed by atoms with E-state index in [0.717, 1.165) is 16.0 Å². The number of rotatable bonds is 9. The van der Waals surface area contributed by atoms with E-state index in [0.29, 0.717) is 39.3 Å². The van der Waals surface area contributed by atoms with Gasteiger partial charge in [0.1, 0.15) is 17.2 Å². The van der Waals surface area contributed by atoms with Crippen LogP contribution >= 0.6 is 0 Å². The molecule has 0 radical (unpaired) electrons. The van der Waals surface area contributed by atoms with Gasteiger partial charge in [-0.05, 0) is 82.8 Å². The van der Waals surface area contributed by atoms with Crippen LogP contribution < -0.4 is 19.1 Å². The minimum absolute atomic E-state index is 0.162. The molecule has 258 valence electrons. The lowest BCUT2D eigenvalue weighted by Gasteiger charge is -2.39. The first-order chi connectivity index (χ1) is 25.2. The van der Waals surface area contributed by atoms with E-state index in [-0.39, 0.29) is 23.0 Å². The number of imide groups is 1. The Kier molecular flexibility index (Phi) is 7.72. The van der Waals surface area contributed by atoms with E-state index in [2.05, 4.69) is 0 Å². The number of benzene rings is 5. The Morgan fingerprint density at radius 3 is 1.40 bits per heavy atom. The normalized spacial score (nSPS) is 23.2. The average Bonchev–Trinajstić information content (AvgIpc) is 3.70. The number of carbonyl (C=O) groups excluding carboxylic acids is 4. The van der Waals surface area contributed by atoms with Gasteiger partial charge in [0.05, 0.1) is 49.7 Å². The van der Waals surface area contributed by atoms with Crippen molar-refractivity contribution < 1.29 is 33.4 Å². The third kappa shape index (κ3) is 4.27. The summed E-state index contributed by atoms with van der Waals surface area (Å²) in [5, 5.41) is 0. The van der Waals surface area contributed by atoms with Gasteiger partial charge in [0.2, 0.25) is 11.8 Å². The molecule has 4 unspecified atom stereocenters. The molecule has 52 heavy (non-hydrogen) atoms. The van der Waals surface area contributed by atoms with Crippen LogP contribution in [0.3, 0.4) is 0 Å². The molecule has 1 saturated heterocycles. The van der Waals surface area contributed by atoms with Crippen LogP contribution in [0.2, 0.25) is 0 Å². The summed E-state index contributed by atoms with van der Waals surface area (Å²) in [6, 6.07) is 38.3. The summed E-state index contributed by atoms with van der Waals surface area (Å²) in [5.41, 5.74) is 1.22. The zero-order valence-electron chi connectivity index (χ0n) is 29.1. The van der Waals surface area contributed by atoms with Crippen LogP contribution in [0.1, 0.15) is 39.5 Å². The van der Waals surface area contributed by atoms with E-state index in [1.54, 1.807) is 26.4 Å². The molecule has 0 aromatic heterocycles. The van der Waals surface area contributed by atoms with Crippen LogP contribution in [-0.2, 0) is 25.2 Å². The number of hydrogen-bond acceptors (Lipinski definition) is 7. The number of ketones is 2. The molecule has 3 aliphatic rings. The number of hydrogen-bond donors (Lipinski definition) is 0. The van der Waals surface area contributed by atoms with E-state index in [4.69, 9.17) is 14.2 Å². The Balaban J connectivity index is 1.53. The molecule has 2 amide bonds. The van der Waals surface area contributed by atoms with Crippen molar-refractivity contribution in [1.29, 1.82) is 0 Å². The van der Waals surface area contributed by atoms with Crippen molar-refractivity contribution in [2.24, 2.45) is 11.8 Å². The van der Waals surface area contributed by atoms with Crippen LogP contribution in [0, 0.1) is 11.8 Å². The molecule has 0 spiro atoms. The van der Waals surface area contributed by atoms with Crippen molar-refractivity contribution in [2.45, 2.75) is 17.8 Å². The maximum Gasteiger partial charge on any atom is 0.239 e. The van der Waals surface area contributed by atoms with Gasteiger partial charge < -0.3 is 14.2 Å². The Hall–Kier alpha value is -6.28. The number of amides is 2. The van der Waals surface area contributed by atoms with E-state index < -0.39 is 34.5 Å². The fourth-order valence-electron chi connectivity index (χ4n) is 8.96. The second kappa shape index (κ2) is 12.2. The SMILES string of the molecule is COc1ccc(C2=C(c3ccc(OC)cc3)C3(c4ccccc4)C(=O)C2(c2ccccc2)C2C(=O)N(c4cc(C(C)=O)ccc4OC)C(=O)C23)cc1. The van der Waals surface area contributed by atoms with Gasteiger partial charge in [-0.15, -0.1) is 0 Å². The molecule has 2 fully saturated rings. The first kappa shape index (κ1) is 32.9. The summed E-state index contributed by atoms with van der Waals surface area (Å²) >= 11 is 0. The van der Waals surface area contributed by atoms with Crippen LogP contribution in [0.15, 0.2) is 127 Å². The van der Waals surface area contributed by atoms with Crippen molar-refractivity contribution >= 4 is 40.2 Å². The topological polar surface area (TPSA) is 99.2 Å². The van der Waals surface area contributed by atoms with Crippen LogP contribution in [0.4, 0.5) is 5.69 Å². The van der Waals surface area contributed by atoms with Crippen LogP contribution in [0.5, 0.6) is 17.2 Å². The Morgan fingerprint density at radius 1 is 0.577 bits per heavy atom. The number of allylic oxidation sites excluding steroid dienone is 2. The van der Waals surface area contributed by atoms with E-state index in [9.17, 15) is 4.79 Å². The van der Waals surface area contributed by atoms with Gasteiger partial charge in [-0.25, -0.2) is 4.90 Å². The summed E-state index contributed by atoms with van der Waals surface area (Å²) in [6.45, 7) is 1.42. The van der Waals surface area contributed by atoms with E-state index in [1.807, 2.05) is 109 Å². The lowest BCUT2D eigenvalue weighted by atomic mass is 9.59. The highest BCUT2D eigenvalue weighted by Gasteiger charge is 2.82. The highest BCUT2D eigenvalue weighted by atomic mass is 16.5. The maximum atomic E-state index is 16.2. The lowest BCUT2D eigenvalue weighted by molar-refractivity contribution is -0.130. The predicted octanol–water partition coefficient (Wildman–Crippen LogP) is 7.10. The molecule has 2 aliphatic carbocycles. The van der Waals surface area contributed by atoms with Crippen LogP contribution in [0.25, 0.3) is 11.1 Å². The van der Waals surface area contributed by atoms with Gasteiger partial charge in [0.15, 0.2) is 11.6 Å². The highest BCUT2D eigenvalue weighted by Crippen LogP contribution is 2.74. The second-order valence-electron chi connectivity index (χ2n) is 13.3. The standard InChI is InChI=1S/C44H35NO7/c1-26(46)29-19-24-35(52-4)34(25-29)45-40(47)38-39(41(45)48)44(31-13-9-6-10-14-31)37(28-17-22-33(51-3)23-18-28)36(27-15-20-32(50-2)21-16-27)43(38,42(44)49)30-11-7-5-8-12-30/h5-25,38-39H,1-4H3. The largest absolute Gasteiger partial charge is 0.497 e. The average molecular weight is 690 g/mol. The summed E-state index contributed by atoms with van der Waals surface area (Å²) in [7, 11) is 4.63. The summed E-state index contributed by atoms with van der Waals surface area (Å²) in [4.78, 5) is 60.7. The zero-order chi connectivity index (χ0) is 36.4. The minimum Gasteiger partial charge on any atom is -0.497 e. The Labute approximate surface area is 301 Å². The maximum absolute atomic E-state index is 16.2. The molecule has 1 saturated carbocycles. The number of Topliss-reactive ketones (excluding diaryl/α,β-unsaturated/α-hetero) is 2. The minimum atomic E-state index is -1.60. The fraction of sp³-hybridized carbons (Fsp3) is 0.182. The van der Waals surface area contributed by atoms with Crippen molar-refractivity contribution in [3.05, 3.63) is 155 Å². The highest BCUT2D eigenvalue weighted by molar-refractivity contribution is 6.39. The summed E-state index contributed by atoms with van der Waals surface area (Å²) in [5.74, 6) is -2.31. The molecule has 4 atom stereocenters. The van der Waals surface area contributed by atoms with Crippen molar-refractivity contribution in [1.82, 2.24) is 0 Å². The Morgan fingerprint density at radius 2 is 1.02 bits per heavy atom. The fourth-order valence-corrected chi connectivity index (χ4v) is 8.96. The first-order valence-electron chi connectivity index (χ1n) is 17.0. The molecular formula is C44H35NO7. The molecule has 2 bridgehead atoms. The van der Waals surface area contributed by atoms with E-state index >= 15 is 14.4 Å². The van der Waals surface area contributed by atoms with Crippen molar-refractivity contribution in [3.8, 4) is 17.2 Å². The van der Waals surface area contributed by atoms with Gasteiger partial charge in [0, 0.05) is 5.56 Å². The second-order valence-corrected chi connectivity index (χ2v) is 13.3.